The molecule has 0 radical (unpaired) electrons. The number of rotatable bonds is 7. The molecule has 0 aliphatic carbocycles. The van der Waals surface area contributed by atoms with Crippen molar-refractivity contribution >= 4 is 50.9 Å². The fourth-order valence-electron chi connectivity index (χ4n) is 3.68. The van der Waals surface area contributed by atoms with E-state index in [1.807, 2.05) is 24.3 Å². The SMILES string of the molecule is COC(=O)Cc1[nH]n(-c2nc3ccccc3s2)c(=O)c1C(C)=Nc1cc(C(=O)OC)ccc1C(=O)OC. The van der Waals surface area contributed by atoms with Crippen molar-refractivity contribution in [1.29, 1.82) is 0 Å². The monoisotopic (exact) mass is 522 g/mol. The lowest BCUT2D eigenvalue weighted by atomic mass is 10.1. The number of para-hydroxylation sites is 1. The summed E-state index contributed by atoms with van der Waals surface area (Å²) in [5.74, 6) is -1.88. The Bertz CT molecular complexity index is 1580. The number of aliphatic imine (C=N–C) groups is 1. The minimum atomic E-state index is -0.682. The molecule has 0 fully saturated rings. The lowest BCUT2D eigenvalue weighted by Gasteiger charge is -2.08. The van der Waals surface area contributed by atoms with Gasteiger partial charge in [0.25, 0.3) is 5.56 Å². The first-order chi connectivity index (χ1) is 17.8. The van der Waals surface area contributed by atoms with Crippen LogP contribution < -0.4 is 5.56 Å². The van der Waals surface area contributed by atoms with Crippen LogP contribution in [-0.4, -0.2) is 59.7 Å². The van der Waals surface area contributed by atoms with Crippen molar-refractivity contribution in [2.45, 2.75) is 13.3 Å². The number of hydrogen-bond acceptors (Lipinski definition) is 10. The zero-order valence-corrected chi connectivity index (χ0v) is 21.2. The van der Waals surface area contributed by atoms with Crippen LogP contribution in [0.5, 0.6) is 0 Å². The fourth-order valence-corrected chi connectivity index (χ4v) is 4.60. The number of aromatic amines is 1. The van der Waals surface area contributed by atoms with Crippen LogP contribution in [0.15, 0.2) is 52.3 Å². The van der Waals surface area contributed by atoms with E-state index in [1.54, 1.807) is 6.92 Å². The maximum atomic E-state index is 13.6. The first-order valence-corrected chi connectivity index (χ1v) is 11.7. The van der Waals surface area contributed by atoms with Gasteiger partial charge in [-0.05, 0) is 37.3 Å². The maximum absolute atomic E-state index is 13.6. The fraction of sp³-hybridized carbons (Fsp3) is 0.200. The molecule has 11 nitrogen and oxygen atoms in total. The average Bonchev–Trinajstić information content (AvgIpc) is 3.48. The second-order valence-corrected chi connectivity index (χ2v) is 8.74. The van der Waals surface area contributed by atoms with Crippen LogP contribution >= 0.6 is 11.3 Å². The van der Waals surface area contributed by atoms with Crippen LogP contribution in [-0.2, 0) is 25.4 Å². The number of esters is 3. The molecule has 37 heavy (non-hydrogen) atoms. The van der Waals surface area contributed by atoms with E-state index in [0.717, 1.165) is 4.70 Å². The number of nitrogens with one attached hydrogen (secondary N) is 1. The quantitative estimate of drug-likeness (QED) is 0.222. The normalized spacial score (nSPS) is 11.4. The highest BCUT2D eigenvalue weighted by Gasteiger charge is 2.23. The van der Waals surface area contributed by atoms with Gasteiger partial charge in [-0.15, -0.1) is 0 Å². The molecule has 4 aromatic rings. The van der Waals surface area contributed by atoms with Gasteiger partial charge in [0.2, 0.25) is 5.13 Å². The van der Waals surface area contributed by atoms with Gasteiger partial charge in [-0.25, -0.2) is 14.6 Å². The molecule has 2 heterocycles. The molecule has 2 aromatic heterocycles. The molecule has 0 atom stereocenters. The number of thiazole rings is 1. The van der Waals surface area contributed by atoms with E-state index in [1.165, 1.54) is 55.5 Å². The largest absolute Gasteiger partial charge is 0.469 e. The van der Waals surface area contributed by atoms with Crippen LogP contribution in [0.3, 0.4) is 0 Å². The number of benzene rings is 2. The Hall–Kier alpha value is -4.58. The minimum Gasteiger partial charge on any atom is -0.469 e. The Morgan fingerprint density at radius 2 is 1.76 bits per heavy atom. The summed E-state index contributed by atoms with van der Waals surface area (Å²) in [5, 5.41) is 3.33. The second-order valence-electron chi connectivity index (χ2n) is 7.74. The van der Waals surface area contributed by atoms with E-state index < -0.39 is 23.5 Å². The van der Waals surface area contributed by atoms with Gasteiger partial charge in [0, 0.05) is 0 Å². The summed E-state index contributed by atoms with van der Waals surface area (Å²) < 4.78 is 16.5. The molecule has 0 amide bonds. The number of hydrogen-bond donors (Lipinski definition) is 1. The van der Waals surface area contributed by atoms with Crippen molar-refractivity contribution in [3.05, 3.63) is 75.2 Å². The molecule has 2 aromatic carbocycles. The molecule has 4 rings (SSSR count). The number of H-pyrrole nitrogens is 1. The molecule has 12 heteroatoms. The molecule has 0 aliphatic heterocycles. The Morgan fingerprint density at radius 1 is 1.03 bits per heavy atom. The minimum absolute atomic E-state index is 0.0751. The number of fused-ring (bicyclic) bond motifs is 1. The van der Waals surface area contributed by atoms with Crippen molar-refractivity contribution in [3.63, 3.8) is 0 Å². The Labute approximate surface area is 214 Å². The number of nitrogens with zero attached hydrogens (tertiary/aromatic N) is 3. The Morgan fingerprint density at radius 3 is 2.43 bits per heavy atom. The number of methoxy groups -OCH3 is 3. The van der Waals surface area contributed by atoms with E-state index in [4.69, 9.17) is 14.2 Å². The van der Waals surface area contributed by atoms with Crippen LogP contribution in [0.4, 0.5) is 5.69 Å². The van der Waals surface area contributed by atoms with E-state index in [9.17, 15) is 19.2 Å². The van der Waals surface area contributed by atoms with Crippen LogP contribution in [0, 0.1) is 0 Å². The zero-order chi connectivity index (χ0) is 26.7. The molecule has 0 bridgehead atoms. The summed E-state index contributed by atoms with van der Waals surface area (Å²) in [6.45, 7) is 1.56. The van der Waals surface area contributed by atoms with E-state index in [2.05, 4.69) is 15.1 Å². The molecule has 0 aliphatic rings. The van der Waals surface area contributed by atoms with Crippen molar-refractivity contribution in [2.24, 2.45) is 4.99 Å². The summed E-state index contributed by atoms with van der Waals surface area (Å²) in [5.41, 5.74) is 1.07. The van der Waals surface area contributed by atoms with Gasteiger partial charge in [-0.2, -0.15) is 4.68 Å². The summed E-state index contributed by atoms with van der Waals surface area (Å²) in [7, 11) is 3.69. The summed E-state index contributed by atoms with van der Waals surface area (Å²) in [6, 6.07) is 11.6. The number of carbonyl (C=O) groups excluding carboxylic acids is 3. The van der Waals surface area contributed by atoms with Gasteiger partial charge in [0.05, 0.1) is 71.8 Å². The van der Waals surface area contributed by atoms with Gasteiger partial charge in [0.15, 0.2) is 0 Å². The first-order valence-electron chi connectivity index (χ1n) is 10.9. The average molecular weight is 523 g/mol. The summed E-state index contributed by atoms with van der Waals surface area (Å²) in [4.78, 5) is 59.1. The number of carbonyl (C=O) groups is 3. The van der Waals surface area contributed by atoms with E-state index in [-0.39, 0.29) is 40.2 Å². The zero-order valence-electron chi connectivity index (χ0n) is 20.4. The predicted molar refractivity (Wildman–Crippen MR) is 136 cm³/mol. The van der Waals surface area contributed by atoms with E-state index >= 15 is 0 Å². The summed E-state index contributed by atoms with van der Waals surface area (Å²) >= 11 is 1.30. The third-order valence-electron chi connectivity index (χ3n) is 5.46. The molecular weight excluding hydrogens is 500 g/mol. The van der Waals surface area contributed by atoms with Gasteiger partial charge in [0.1, 0.15) is 0 Å². The highest BCUT2D eigenvalue weighted by atomic mass is 32.1. The molecule has 1 N–H and O–H groups in total. The van der Waals surface area contributed by atoms with Gasteiger partial charge in [-0.3, -0.25) is 19.7 Å². The van der Waals surface area contributed by atoms with Crippen molar-refractivity contribution in [2.75, 3.05) is 21.3 Å². The number of ether oxygens (including phenoxy) is 3. The third kappa shape index (κ3) is 5.05. The van der Waals surface area contributed by atoms with Gasteiger partial charge < -0.3 is 14.2 Å². The first kappa shape index (κ1) is 25.5. The van der Waals surface area contributed by atoms with Crippen molar-refractivity contribution in [3.8, 4) is 5.13 Å². The van der Waals surface area contributed by atoms with Crippen molar-refractivity contribution < 1.29 is 28.6 Å². The molecule has 0 saturated heterocycles. The second kappa shape index (κ2) is 10.6. The van der Waals surface area contributed by atoms with Crippen molar-refractivity contribution in [1.82, 2.24) is 14.8 Å². The molecule has 0 saturated carbocycles. The van der Waals surface area contributed by atoms with Gasteiger partial charge in [-0.1, -0.05) is 23.5 Å². The lowest BCUT2D eigenvalue weighted by Crippen LogP contribution is -2.20. The smallest absolute Gasteiger partial charge is 0.340 e. The Kier molecular flexibility index (Phi) is 7.30. The van der Waals surface area contributed by atoms with Gasteiger partial charge >= 0.3 is 17.9 Å². The molecule has 0 spiro atoms. The predicted octanol–water partition coefficient (Wildman–Crippen LogP) is 3.20. The topological polar surface area (TPSA) is 142 Å². The highest BCUT2D eigenvalue weighted by molar-refractivity contribution is 7.20. The highest BCUT2D eigenvalue weighted by Crippen LogP contribution is 2.26. The summed E-state index contributed by atoms with van der Waals surface area (Å²) in [6.07, 6.45) is -0.238. The maximum Gasteiger partial charge on any atom is 0.340 e. The molecule has 190 valence electrons. The van der Waals surface area contributed by atoms with Crippen LogP contribution in [0.1, 0.15) is 38.9 Å². The van der Waals surface area contributed by atoms with Crippen LogP contribution in [0.25, 0.3) is 15.3 Å². The van der Waals surface area contributed by atoms with Crippen LogP contribution in [0.2, 0.25) is 0 Å². The number of aromatic nitrogens is 3. The van der Waals surface area contributed by atoms with E-state index in [0.29, 0.717) is 10.6 Å². The standard InChI is InChI=1S/C25H22N4O7S/c1-13(26-17-11-14(23(32)35-3)9-10-15(17)24(33)36-4)21-18(12-20(30)34-2)28-29(22(21)31)25-27-16-7-5-6-8-19(16)37-25/h5-11,28H,12H2,1-4H3. The Balaban J connectivity index is 1.89. The molecular formula is C25H22N4O7S. The molecule has 0 unspecified atom stereocenters. The third-order valence-corrected chi connectivity index (χ3v) is 6.48. The lowest BCUT2D eigenvalue weighted by molar-refractivity contribution is -0.139.